The summed E-state index contributed by atoms with van der Waals surface area (Å²) in [4.78, 5) is 29.4. The van der Waals surface area contributed by atoms with E-state index in [4.69, 9.17) is 39.5 Å². The zero-order valence-corrected chi connectivity index (χ0v) is 20.3. The van der Waals surface area contributed by atoms with Gasteiger partial charge in [0.05, 0.1) is 26.0 Å². The number of aromatic hydroxyl groups is 1. The Bertz CT molecular complexity index is 1530. The first-order valence-electron chi connectivity index (χ1n) is 9.66. The van der Waals surface area contributed by atoms with Crippen molar-refractivity contribution in [1.29, 1.82) is 0 Å². The molecule has 0 atom stereocenters. The monoisotopic (exact) mass is 536 g/mol. The molecular weight excluding hydrogens is 523 g/mol. The van der Waals surface area contributed by atoms with Gasteiger partial charge < -0.3 is 9.84 Å². The van der Waals surface area contributed by atoms with Crippen LogP contribution in [0.1, 0.15) is 4.88 Å². The fourth-order valence-electron chi connectivity index (χ4n) is 3.13. The van der Waals surface area contributed by atoms with Crippen molar-refractivity contribution in [2.24, 2.45) is 10.1 Å². The smallest absolute Gasteiger partial charge is 0.279 e. The highest BCUT2D eigenvalue weighted by Crippen LogP contribution is 2.33. The van der Waals surface area contributed by atoms with Gasteiger partial charge in [-0.05, 0) is 12.1 Å². The van der Waals surface area contributed by atoms with E-state index in [1.165, 1.54) is 16.7 Å². The Morgan fingerprint density at radius 3 is 2.74 bits per heavy atom. The summed E-state index contributed by atoms with van der Waals surface area (Å²) in [7, 11) is 0. The first kappa shape index (κ1) is 24.0. The number of ether oxygens (including phenoxy) is 1. The first-order valence-corrected chi connectivity index (χ1v) is 11.6. The number of allylic oxidation sites excluding steroid dienone is 1. The molecule has 2 N–H and O–H groups in total. The van der Waals surface area contributed by atoms with Gasteiger partial charge in [0, 0.05) is 17.8 Å². The van der Waals surface area contributed by atoms with Crippen molar-refractivity contribution in [3.8, 4) is 11.6 Å². The summed E-state index contributed by atoms with van der Waals surface area (Å²) in [5, 5.41) is 16.7. The second kappa shape index (κ2) is 10.0. The summed E-state index contributed by atoms with van der Waals surface area (Å²) in [6.45, 7) is 3.45. The predicted octanol–water partition coefficient (Wildman–Crippen LogP) is 2.77. The third-order valence-corrected chi connectivity index (χ3v) is 6.74. The topological polar surface area (TPSA) is 105 Å². The van der Waals surface area contributed by atoms with Crippen LogP contribution in [0.3, 0.4) is 0 Å². The molecule has 0 fully saturated rings. The summed E-state index contributed by atoms with van der Waals surface area (Å²) in [5.74, 6) is -1.06. The Balaban J connectivity index is 1.61. The summed E-state index contributed by atoms with van der Waals surface area (Å²) >= 11 is 18.9. The quantitative estimate of drug-likeness (QED) is 0.275. The number of nitrogens with one attached hydrogen (secondary N) is 1. The summed E-state index contributed by atoms with van der Waals surface area (Å²) in [5.41, 5.74) is 2.63. The zero-order valence-electron chi connectivity index (χ0n) is 17.2. The van der Waals surface area contributed by atoms with Crippen LogP contribution in [0.25, 0.3) is 5.57 Å². The van der Waals surface area contributed by atoms with Crippen molar-refractivity contribution in [2.75, 3.05) is 6.61 Å². The fraction of sp³-hybridized carbons (Fsp3) is 0.0909. The number of carbonyl (C=O) groups is 2. The highest BCUT2D eigenvalue weighted by molar-refractivity contribution is 7.11. The minimum absolute atomic E-state index is 0.183. The number of carbonyl (C=O) groups excluding carboxylic acids is 2. The van der Waals surface area contributed by atoms with E-state index >= 15 is 0 Å². The minimum atomic E-state index is -0.591. The zero-order chi connectivity index (χ0) is 24.4. The number of hydrogen-bond acceptors (Lipinski definition) is 6. The van der Waals surface area contributed by atoms with E-state index < -0.39 is 18.4 Å². The van der Waals surface area contributed by atoms with Crippen molar-refractivity contribution >= 4 is 63.5 Å². The van der Waals surface area contributed by atoms with Crippen LogP contribution in [0.4, 0.5) is 0 Å². The van der Waals surface area contributed by atoms with Gasteiger partial charge in [-0.3, -0.25) is 14.2 Å². The van der Waals surface area contributed by atoms with Crippen LogP contribution in [0.2, 0.25) is 15.1 Å². The number of amides is 2. The fourth-order valence-corrected chi connectivity index (χ4v) is 4.77. The summed E-state index contributed by atoms with van der Waals surface area (Å²) in [6.07, 6.45) is 1.55. The number of aromatic nitrogens is 1. The molecule has 174 valence electrons. The highest BCUT2D eigenvalue weighted by atomic mass is 35.5. The average Bonchev–Trinajstić information content (AvgIpc) is 3.29. The van der Waals surface area contributed by atoms with Gasteiger partial charge in [0.2, 0.25) is 10.7 Å². The van der Waals surface area contributed by atoms with Crippen molar-refractivity contribution in [1.82, 2.24) is 9.99 Å². The predicted molar refractivity (Wildman–Crippen MR) is 130 cm³/mol. The number of halogens is 3. The first-order chi connectivity index (χ1) is 16.3. The van der Waals surface area contributed by atoms with Gasteiger partial charge in [-0.2, -0.15) is 0 Å². The molecule has 0 saturated heterocycles. The maximum atomic E-state index is 12.5. The lowest BCUT2D eigenvalue weighted by atomic mass is 10.1. The second-order valence-electron chi connectivity index (χ2n) is 6.88. The molecule has 12 heteroatoms. The summed E-state index contributed by atoms with van der Waals surface area (Å²) in [6, 6.07) is 9.82. The molecule has 1 aromatic heterocycles. The molecule has 0 spiro atoms. The number of benzene rings is 2. The lowest BCUT2D eigenvalue weighted by Gasteiger charge is -2.08. The molecular formula is C22H15Cl3N4O4S. The van der Waals surface area contributed by atoms with E-state index in [9.17, 15) is 14.7 Å². The molecule has 0 saturated carbocycles. The molecule has 2 amide bonds. The maximum absolute atomic E-state index is 12.5. The number of hydrogen-bond donors (Lipinski definition) is 2. The van der Waals surface area contributed by atoms with E-state index in [0.717, 1.165) is 11.3 Å². The van der Waals surface area contributed by atoms with E-state index in [2.05, 4.69) is 22.1 Å². The van der Waals surface area contributed by atoms with Crippen molar-refractivity contribution in [2.45, 2.75) is 6.54 Å². The molecule has 0 radical (unpaired) electrons. The van der Waals surface area contributed by atoms with E-state index in [1.807, 2.05) is 0 Å². The highest BCUT2D eigenvalue weighted by Gasteiger charge is 2.25. The normalized spacial score (nSPS) is 13.0. The van der Waals surface area contributed by atoms with Crippen LogP contribution in [0, 0.1) is 0 Å². The van der Waals surface area contributed by atoms with Gasteiger partial charge >= 0.3 is 0 Å². The lowest BCUT2D eigenvalue weighted by molar-refractivity contribution is -0.123. The maximum Gasteiger partial charge on any atom is 0.279 e. The Hall–Kier alpha value is -3.11. The molecule has 34 heavy (non-hydrogen) atoms. The third kappa shape index (κ3) is 4.74. The van der Waals surface area contributed by atoms with Crippen LogP contribution >= 0.6 is 46.1 Å². The number of rotatable bonds is 7. The molecule has 2 aromatic carbocycles. The van der Waals surface area contributed by atoms with Crippen molar-refractivity contribution in [3.05, 3.63) is 84.4 Å². The Morgan fingerprint density at radius 1 is 1.24 bits per heavy atom. The minimum Gasteiger partial charge on any atom is -0.493 e. The number of thiazole rings is 1. The average molecular weight is 538 g/mol. The van der Waals surface area contributed by atoms with Crippen LogP contribution < -0.4 is 25.5 Å². The standard InChI is InChI=1S/C22H15Cl3N4O4S/c1-2-7-29-21(32)19(18-11-5-3-4-6-15(11)26-20(18)31)34-22(29)28-27-17(30)10-33-16-9-13(24)12(23)8-14(16)25/h2-6,8-9,32H,1,7,10H2,(H,27,30). The molecule has 4 rings (SSSR count). The Morgan fingerprint density at radius 2 is 1.97 bits per heavy atom. The van der Waals surface area contributed by atoms with Crippen molar-refractivity contribution in [3.63, 3.8) is 0 Å². The molecule has 0 bridgehead atoms. The van der Waals surface area contributed by atoms with Gasteiger partial charge in [-0.25, -0.2) is 10.4 Å². The Labute approximate surface area is 211 Å². The van der Waals surface area contributed by atoms with E-state index in [1.54, 1.807) is 30.3 Å². The van der Waals surface area contributed by atoms with Crippen LogP contribution in [0.5, 0.6) is 11.6 Å². The van der Waals surface area contributed by atoms with Crippen LogP contribution in [-0.2, 0) is 16.1 Å². The molecule has 3 aromatic rings. The molecule has 1 aliphatic rings. The Kier molecular flexibility index (Phi) is 7.08. The second-order valence-corrected chi connectivity index (χ2v) is 9.08. The largest absolute Gasteiger partial charge is 0.493 e. The van der Waals surface area contributed by atoms with E-state index in [0.29, 0.717) is 10.6 Å². The summed E-state index contributed by atoms with van der Waals surface area (Å²) < 4.78 is 6.79. The van der Waals surface area contributed by atoms with Crippen LogP contribution in [0.15, 0.2) is 59.1 Å². The van der Waals surface area contributed by atoms with Gasteiger partial charge in [0.15, 0.2) is 6.61 Å². The number of nitrogens with zero attached hydrogens (tertiary/aromatic N) is 3. The number of fused-ring (bicyclic) bond motifs is 1. The molecule has 2 heterocycles. The molecule has 0 unspecified atom stereocenters. The van der Waals surface area contributed by atoms with Crippen molar-refractivity contribution < 1.29 is 19.4 Å². The molecule has 0 aliphatic carbocycles. The van der Waals surface area contributed by atoms with Gasteiger partial charge in [-0.1, -0.05) is 70.4 Å². The van der Waals surface area contributed by atoms with Crippen LogP contribution in [-0.4, -0.2) is 28.1 Å². The van der Waals surface area contributed by atoms with Gasteiger partial charge in [0.1, 0.15) is 10.6 Å². The molecule has 1 aliphatic heterocycles. The number of para-hydroxylation sites is 1. The van der Waals surface area contributed by atoms with E-state index in [-0.39, 0.29) is 48.5 Å². The van der Waals surface area contributed by atoms with Gasteiger partial charge in [0.25, 0.3) is 11.8 Å². The lowest BCUT2D eigenvalue weighted by Crippen LogP contribution is -2.28. The SMILES string of the molecule is C=CCn1c(O)c(C2=c3ccccc3=NC2=O)sc1=NNC(=O)COc1cc(Cl)c(Cl)cc1Cl. The van der Waals surface area contributed by atoms with Gasteiger partial charge in [-0.15, -0.1) is 11.7 Å². The third-order valence-electron chi connectivity index (χ3n) is 4.64. The molecule has 8 nitrogen and oxygen atoms in total.